The second kappa shape index (κ2) is 10.9. The number of sulfone groups is 1. The van der Waals surface area contributed by atoms with Crippen molar-refractivity contribution in [2.45, 2.75) is 32.4 Å². The molecular formula is C21H35N5O2S. The van der Waals surface area contributed by atoms with E-state index in [2.05, 4.69) is 57.7 Å². The Morgan fingerprint density at radius 3 is 2.41 bits per heavy atom. The molecule has 0 amide bonds. The smallest absolute Gasteiger partial charge is 0.191 e. The van der Waals surface area contributed by atoms with Gasteiger partial charge >= 0.3 is 0 Å². The van der Waals surface area contributed by atoms with Crippen molar-refractivity contribution in [3.05, 3.63) is 35.9 Å². The standard InChI is InChI=1S/C21H35N5O2S/c1-2-22-21(23-10-13-25-14-16-29(27,28)17-15-25)24-20-8-11-26(12-9-20)18-19-6-4-3-5-7-19/h3-7,20H,2,8-18H2,1H3,(H2,22,23,24). The van der Waals surface area contributed by atoms with E-state index in [1.54, 1.807) is 0 Å². The topological polar surface area (TPSA) is 77.0 Å². The van der Waals surface area contributed by atoms with Crippen LogP contribution in [0, 0.1) is 0 Å². The Morgan fingerprint density at radius 1 is 1.07 bits per heavy atom. The number of hydrogen-bond acceptors (Lipinski definition) is 5. The van der Waals surface area contributed by atoms with Gasteiger partial charge in [0.25, 0.3) is 0 Å². The molecule has 0 saturated carbocycles. The molecule has 2 fully saturated rings. The molecule has 3 rings (SSSR count). The zero-order valence-corrected chi connectivity index (χ0v) is 18.3. The number of likely N-dealkylation sites (tertiary alicyclic amines) is 1. The molecule has 2 saturated heterocycles. The van der Waals surface area contributed by atoms with Gasteiger partial charge in [0.2, 0.25) is 0 Å². The van der Waals surface area contributed by atoms with Crippen LogP contribution in [-0.4, -0.2) is 87.5 Å². The molecule has 2 aliphatic rings. The van der Waals surface area contributed by atoms with E-state index in [0.717, 1.165) is 51.5 Å². The SMILES string of the molecule is CCNC(=NCCN1CCS(=O)(=O)CC1)NC1CCN(Cc2ccccc2)CC1. The summed E-state index contributed by atoms with van der Waals surface area (Å²) in [7, 11) is -2.82. The number of nitrogens with zero attached hydrogens (tertiary/aromatic N) is 3. The Bertz CT molecular complexity index is 732. The minimum absolute atomic E-state index is 0.274. The summed E-state index contributed by atoms with van der Waals surface area (Å²) in [5.41, 5.74) is 1.37. The summed E-state index contributed by atoms with van der Waals surface area (Å²) >= 11 is 0. The summed E-state index contributed by atoms with van der Waals surface area (Å²) in [4.78, 5) is 9.42. The monoisotopic (exact) mass is 421 g/mol. The molecule has 8 heteroatoms. The normalized spacial score (nSPS) is 21.8. The highest BCUT2D eigenvalue weighted by Crippen LogP contribution is 2.13. The molecule has 0 unspecified atom stereocenters. The van der Waals surface area contributed by atoms with Crippen molar-refractivity contribution >= 4 is 15.8 Å². The predicted octanol–water partition coefficient (Wildman–Crippen LogP) is 0.937. The molecule has 0 aromatic heterocycles. The molecule has 1 aromatic carbocycles. The first-order chi connectivity index (χ1) is 14.0. The highest BCUT2D eigenvalue weighted by molar-refractivity contribution is 7.91. The van der Waals surface area contributed by atoms with E-state index in [1.807, 2.05) is 0 Å². The zero-order valence-electron chi connectivity index (χ0n) is 17.5. The van der Waals surface area contributed by atoms with Crippen LogP contribution in [0.1, 0.15) is 25.3 Å². The van der Waals surface area contributed by atoms with Crippen LogP contribution in [0.4, 0.5) is 0 Å². The number of nitrogens with one attached hydrogen (secondary N) is 2. The van der Waals surface area contributed by atoms with E-state index in [4.69, 9.17) is 4.99 Å². The maximum atomic E-state index is 11.5. The molecule has 0 radical (unpaired) electrons. The van der Waals surface area contributed by atoms with Gasteiger partial charge in [0, 0.05) is 51.9 Å². The Kier molecular flexibility index (Phi) is 8.32. The Morgan fingerprint density at radius 2 is 1.76 bits per heavy atom. The number of aliphatic imine (C=N–C) groups is 1. The number of piperidine rings is 1. The van der Waals surface area contributed by atoms with Crippen LogP contribution in [0.15, 0.2) is 35.3 Å². The summed E-state index contributed by atoms with van der Waals surface area (Å²) in [5.74, 6) is 1.42. The highest BCUT2D eigenvalue weighted by Gasteiger charge is 2.22. The van der Waals surface area contributed by atoms with Crippen LogP contribution in [-0.2, 0) is 16.4 Å². The lowest BCUT2D eigenvalue weighted by atomic mass is 10.0. The first-order valence-corrected chi connectivity index (χ1v) is 12.6. The van der Waals surface area contributed by atoms with Gasteiger partial charge in [-0.05, 0) is 25.3 Å². The summed E-state index contributed by atoms with van der Waals surface area (Å²) in [6, 6.07) is 11.1. The third-order valence-electron chi connectivity index (χ3n) is 5.64. The van der Waals surface area contributed by atoms with E-state index in [-0.39, 0.29) is 11.5 Å². The van der Waals surface area contributed by atoms with Gasteiger partial charge in [-0.1, -0.05) is 30.3 Å². The predicted molar refractivity (Wildman–Crippen MR) is 119 cm³/mol. The first kappa shape index (κ1) is 22.1. The Balaban J connectivity index is 1.40. The third kappa shape index (κ3) is 7.60. The lowest BCUT2D eigenvalue weighted by molar-refractivity contribution is 0.198. The lowest BCUT2D eigenvalue weighted by Gasteiger charge is -2.33. The first-order valence-electron chi connectivity index (χ1n) is 10.8. The minimum Gasteiger partial charge on any atom is -0.357 e. The van der Waals surface area contributed by atoms with Crippen molar-refractivity contribution in [3.8, 4) is 0 Å². The van der Waals surface area contributed by atoms with Crippen molar-refractivity contribution in [2.75, 3.05) is 57.3 Å². The largest absolute Gasteiger partial charge is 0.357 e. The Labute approximate surface area is 175 Å². The third-order valence-corrected chi connectivity index (χ3v) is 7.25. The van der Waals surface area contributed by atoms with Gasteiger partial charge in [0.15, 0.2) is 15.8 Å². The second-order valence-electron chi connectivity index (χ2n) is 7.93. The number of hydrogen-bond donors (Lipinski definition) is 2. The zero-order chi connectivity index (χ0) is 20.5. The molecule has 7 nitrogen and oxygen atoms in total. The summed E-state index contributed by atoms with van der Waals surface area (Å²) in [6.07, 6.45) is 2.22. The van der Waals surface area contributed by atoms with Gasteiger partial charge in [-0.2, -0.15) is 0 Å². The molecule has 162 valence electrons. The van der Waals surface area contributed by atoms with E-state index < -0.39 is 9.84 Å². The van der Waals surface area contributed by atoms with Gasteiger partial charge in [0.1, 0.15) is 0 Å². The van der Waals surface area contributed by atoms with E-state index in [0.29, 0.717) is 25.7 Å². The fourth-order valence-corrected chi connectivity index (χ4v) is 5.14. The summed E-state index contributed by atoms with van der Waals surface area (Å²) in [6.45, 7) is 8.86. The van der Waals surface area contributed by atoms with E-state index in [1.165, 1.54) is 5.56 Å². The molecule has 2 heterocycles. The lowest BCUT2D eigenvalue weighted by Crippen LogP contribution is -2.48. The van der Waals surface area contributed by atoms with Crippen molar-refractivity contribution in [1.29, 1.82) is 0 Å². The van der Waals surface area contributed by atoms with Gasteiger partial charge in [-0.3, -0.25) is 14.8 Å². The molecule has 0 atom stereocenters. The van der Waals surface area contributed by atoms with E-state index in [9.17, 15) is 8.42 Å². The molecule has 0 aliphatic carbocycles. The molecule has 0 spiro atoms. The van der Waals surface area contributed by atoms with Crippen LogP contribution in [0.3, 0.4) is 0 Å². The second-order valence-corrected chi connectivity index (χ2v) is 10.2. The van der Waals surface area contributed by atoms with Gasteiger partial charge < -0.3 is 10.6 Å². The van der Waals surface area contributed by atoms with Crippen molar-refractivity contribution in [3.63, 3.8) is 0 Å². The van der Waals surface area contributed by atoms with Crippen LogP contribution in [0.5, 0.6) is 0 Å². The maximum Gasteiger partial charge on any atom is 0.191 e. The summed E-state index contributed by atoms with van der Waals surface area (Å²) < 4.78 is 23.1. The number of rotatable bonds is 7. The van der Waals surface area contributed by atoms with Crippen LogP contribution in [0.2, 0.25) is 0 Å². The average Bonchev–Trinajstić information content (AvgIpc) is 2.72. The van der Waals surface area contributed by atoms with Crippen LogP contribution in [0.25, 0.3) is 0 Å². The Hall–Kier alpha value is -1.64. The molecule has 2 aliphatic heterocycles. The number of benzene rings is 1. The van der Waals surface area contributed by atoms with E-state index >= 15 is 0 Å². The van der Waals surface area contributed by atoms with Crippen molar-refractivity contribution in [2.24, 2.45) is 4.99 Å². The fraction of sp³-hybridized carbons (Fsp3) is 0.667. The fourth-order valence-electron chi connectivity index (χ4n) is 3.87. The molecule has 29 heavy (non-hydrogen) atoms. The van der Waals surface area contributed by atoms with Gasteiger partial charge in [0.05, 0.1) is 18.1 Å². The summed E-state index contributed by atoms with van der Waals surface area (Å²) in [5, 5.41) is 6.93. The molecular weight excluding hydrogens is 386 g/mol. The van der Waals surface area contributed by atoms with Gasteiger partial charge in [-0.15, -0.1) is 0 Å². The molecule has 1 aromatic rings. The van der Waals surface area contributed by atoms with Crippen molar-refractivity contribution in [1.82, 2.24) is 20.4 Å². The quantitative estimate of drug-likeness (QED) is 0.504. The van der Waals surface area contributed by atoms with Crippen molar-refractivity contribution < 1.29 is 8.42 Å². The maximum absolute atomic E-state index is 11.5. The molecule has 0 bridgehead atoms. The number of guanidine groups is 1. The average molecular weight is 422 g/mol. The van der Waals surface area contributed by atoms with Crippen LogP contribution < -0.4 is 10.6 Å². The van der Waals surface area contributed by atoms with Crippen LogP contribution >= 0.6 is 0 Å². The molecule has 2 N–H and O–H groups in total. The highest BCUT2D eigenvalue weighted by atomic mass is 32.2. The minimum atomic E-state index is -2.82. The van der Waals surface area contributed by atoms with Gasteiger partial charge in [-0.25, -0.2) is 8.42 Å².